The lowest BCUT2D eigenvalue weighted by atomic mass is 10.1. The third kappa shape index (κ3) is 4.75. The van der Waals surface area contributed by atoms with Gasteiger partial charge in [0.1, 0.15) is 0 Å². The van der Waals surface area contributed by atoms with Crippen molar-refractivity contribution >= 4 is 11.6 Å². The molecule has 4 nitrogen and oxygen atoms in total. The number of carbonyl (C=O) groups excluding carboxylic acids is 1. The summed E-state index contributed by atoms with van der Waals surface area (Å²) in [5.74, 6) is -0.0655. The quantitative estimate of drug-likeness (QED) is 0.755. The van der Waals surface area contributed by atoms with Crippen LogP contribution in [-0.4, -0.2) is 37.8 Å². The topological polar surface area (TPSA) is 52.6 Å². The van der Waals surface area contributed by atoms with Gasteiger partial charge in [-0.1, -0.05) is 6.07 Å². The summed E-state index contributed by atoms with van der Waals surface area (Å²) in [5, 5.41) is 12.0. The van der Waals surface area contributed by atoms with Crippen LogP contribution in [0.25, 0.3) is 0 Å². The van der Waals surface area contributed by atoms with Gasteiger partial charge in [-0.3, -0.25) is 4.79 Å². The molecule has 0 aromatic heterocycles. The molecular formula is C14H22N2O2. The Kier molecular flexibility index (Phi) is 5.65. The van der Waals surface area contributed by atoms with Gasteiger partial charge < -0.3 is 15.3 Å². The fourth-order valence-corrected chi connectivity index (χ4v) is 1.63. The lowest BCUT2D eigenvalue weighted by Crippen LogP contribution is -2.25. The van der Waals surface area contributed by atoms with Crippen LogP contribution < -0.4 is 10.2 Å². The van der Waals surface area contributed by atoms with Crippen LogP contribution in [-0.2, 0) is 0 Å². The largest absolute Gasteiger partial charge is 0.393 e. The monoisotopic (exact) mass is 250 g/mol. The number of nitrogens with one attached hydrogen (secondary N) is 1. The predicted molar refractivity (Wildman–Crippen MR) is 74.0 cm³/mol. The van der Waals surface area contributed by atoms with Crippen LogP contribution in [0.4, 0.5) is 5.69 Å². The molecule has 0 fully saturated rings. The lowest BCUT2D eigenvalue weighted by Gasteiger charge is -2.13. The molecule has 1 aromatic carbocycles. The summed E-state index contributed by atoms with van der Waals surface area (Å²) in [4.78, 5) is 13.8. The highest BCUT2D eigenvalue weighted by atomic mass is 16.3. The van der Waals surface area contributed by atoms with Crippen LogP contribution in [0, 0.1) is 0 Å². The van der Waals surface area contributed by atoms with Crippen molar-refractivity contribution in [2.45, 2.75) is 25.9 Å². The highest BCUT2D eigenvalue weighted by molar-refractivity contribution is 5.95. The van der Waals surface area contributed by atoms with E-state index in [9.17, 15) is 4.79 Å². The Balaban J connectivity index is 2.48. The van der Waals surface area contributed by atoms with Crippen molar-refractivity contribution in [3.63, 3.8) is 0 Å². The van der Waals surface area contributed by atoms with Gasteiger partial charge in [0.2, 0.25) is 0 Å². The fourth-order valence-electron chi connectivity index (χ4n) is 1.63. The summed E-state index contributed by atoms with van der Waals surface area (Å²) in [6.07, 6.45) is 1.19. The van der Waals surface area contributed by atoms with Crippen LogP contribution in [0.3, 0.4) is 0 Å². The summed E-state index contributed by atoms with van der Waals surface area (Å²) in [5.41, 5.74) is 1.67. The number of rotatable bonds is 6. The summed E-state index contributed by atoms with van der Waals surface area (Å²) < 4.78 is 0. The van der Waals surface area contributed by atoms with E-state index < -0.39 is 0 Å². The SMILES string of the molecule is CC(O)CCCNC(=O)c1cccc(N(C)C)c1. The molecule has 4 heteroatoms. The second kappa shape index (κ2) is 7.01. The summed E-state index contributed by atoms with van der Waals surface area (Å²) in [6, 6.07) is 7.51. The molecule has 0 aliphatic heterocycles. The predicted octanol–water partition coefficient (Wildman–Crippen LogP) is 1.64. The van der Waals surface area contributed by atoms with Crippen molar-refractivity contribution in [1.82, 2.24) is 5.32 Å². The van der Waals surface area contributed by atoms with E-state index in [0.717, 1.165) is 12.1 Å². The van der Waals surface area contributed by atoms with E-state index in [1.54, 1.807) is 13.0 Å². The highest BCUT2D eigenvalue weighted by Crippen LogP contribution is 2.13. The van der Waals surface area contributed by atoms with E-state index in [0.29, 0.717) is 18.5 Å². The molecule has 0 bridgehead atoms. The van der Waals surface area contributed by atoms with Crippen LogP contribution in [0.2, 0.25) is 0 Å². The smallest absolute Gasteiger partial charge is 0.251 e. The molecule has 18 heavy (non-hydrogen) atoms. The van der Waals surface area contributed by atoms with Gasteiger partial charge in [0.25, 0.3) is 5.91 Å². The van der Waals surface area contributed by atoms with Crippen LogP contribution in [0.5, 0.6) is 0 Å². The zero-order valence-corrected chi connectivity index (χ0v) is 11.3. The second-order valence-corrected chi connectivity index (χ2v) is 4.69. The maximum absolute atomic E-state index is 11.9. The molecule has 0 saturated heterocycles. The number of carbonyl (C=O) groups is 1. The first-order valence-electron chi connectivity index (χ1n) is 6.24. The Morgan fingerprint density at radius 2 is 2.17 bits per heavy atom. The Hall–Kier alpha value is -1.55. The average Bonchev–Trinajstić information content (AvgIpc) is 2.34. The molecule has 1 rings (SSSR count). The van der Waals surface area contributed by atoms with Gasteiger partial charge in [-0.05, 0) is 38.0 Å². The van der Waals surface area contributed by atoms with E-state index in [2.05, 4.69) is 5.32 Å². The molecule has 1 aromatic rings. The highest BCUT2D eigenvalue weighted by Gasteiger charge is 2.06. The van der Waals surface area contributed by atoms with E-state index in [-0.39, 0.29) is 12.0 Å². The van der Waals surface area contributed by atoms with Crippen molar-refractivity contribution in [2.75, 3.05) is 25.5 Å². The van der Waals surface area contributed by atoms with Gasteiger partial charge >= 0.3 is 0 Å². The minimum Gasteiger partial charge on any atom is -0.393 e. The Bertz CT molecular complexity index is 389. The molecule has 1 atom stereocenters. The van der Waals surface area contributed by atoms with E-state index in [4.69, 9.17) is 5.11 Å². The molecule has 0 spiro atoms. The summed E-state index contributed by atoms with van der Waals surface area (Å²) in [7, 11) is 3.89. The number of hydrogen-bond acceptors (Lipinski definition) is 3. The van der Waals surface area contributed by atoms with Crippen molar-refractivity contribution in [3.8, 4) is 0 Å². The fraction of sp³-hybridized carbons (Fsp3) is 0.500. The third-order valence-corrected chi connectivity index (χ3v) is 2.71. The number of benzene rings is 1. The number of hydrogen-bond donors (Lipinski definition) is 2. The van der Waals surface area contributed by atoms with Crippen LogP contribution in [0.1, 0.15) is 30.1 Å². The van der Waals surface area contributed by atoms with Crippen molar-refractivity contribution in [2.24, 2.45) is 0 Å². The number of aliphatic hydroxyl groups is 1. The summed E-state index contributed by atoms with van der Waals surface area (Å²) in [6.45, 7) is 2.35. The molecular weight excluding hydrogens is 228 g/mol. The zero-order valence-electron chi connectivity index (χ0n) is 11.3. The normalized spacial score (nSPS) is 12.0. The second-order valence-electron chi connectivity index (χ2n) is 4.69. The van der Waals surface area contributed by atoms with Gasteiger partial charge in [-0.15, -0.1) is 0 Å². The van der Waals surface area contributed by atoms with Crippen LogP contribution in [0.15, 0.2) is 24.3 Å². The van der Waals surface area contributed by atoms with Gasteiger partial charge in [0, 0.05) is 31.9 Å². The van der Waals surface area contributed by atoms with Crippen LogP contribution >= 0.6 is 0 Å². The number of nitrogens with zero attached hydrogens (tertiary/aromatic N) is 1. The first-order chi connectivity index (χ1) is 8.50. The lowest BCUT2D eigenvalue weighted by molar-refractivity contribution is 0.0949. The molecule has 100 valence electrons. The molecule has 0 heterocycles. The van der Waals surface area contributed by atoms with Gasteiger partial charge in [-0.2, -0.15) is 0 Å². The molecule has 1 unspecified atom stereocenters. The minimum absolute atomic E-state index is 0.0655. The first-order valence-corrected chi connectivity index (χ1v) is 6.24. The Morgan fingerprint density at radius 1 is 1.44 bits per heavy atom. The standard InChI is InChI=1S/C14H22N2O2/c1-11(17)6-5-9-15-14(18)12-7-4-8-13(10-12)16(2)3/h4,7-8,10-11,17H,5-6,9H2,1-3H3,(H,15,18). The zero-order chi connectivity index (χ0) is 13.5. The third-order valence-electron chi connectivity index (χ3n) is 2.71. The summed E-state index contributed by atoms with van der Waals surface area (Å²) >= 11 is 0. The van der Waals surface area contributed by atoms with E-state index in [1.165, 1.54) is 0 Å². The molecule has 0 radical (unpaired) electrons. The maximum atomic E-state index is 11.9. The number of amides is 1. The number of aliphatic hydroxyl groups excluding tert-OH is 1. The van der Waals surface area contributed by atoms with E-state index >= 15 is 0 Å². The molecule has 1 amide bonds. The molecule has 0 aliphatic carbocycles. The van der Waals surface area contributed by atoms with Gasteiger partial charge in [0.15, 0.2) is 0 Å². The van der Waals surface area contributed by atoms with Gasteiger partial charge in [-0.25, -0.2) is 0 Å². The molecule has 0 saturated carbocycles. The molecule has 2 N–H and O–H groups in total. The first kappa shape index (κ1) is 14.5. The van der Waals surface area contributed by atoms with Crippen molar-refractivity contribution in [3.05, 3.63) is 29.8 Å². The van der Waals surface area contributed by atoms with Crippen molar-refractivity contribution in [1.29, 1.82) is 0 Å². The average molecular weight is 250 g/mol. The molecule has 0 aliphatic rings. The van der Waals surface area contributed by atoms with Gasteiger partial charge in [0.05, 0.1) is 6.10 Å². The van der Waals surface area contributed by atoms with Crippen molar-refractivity contribution < 1.29 is 9.90 Å². The maximum Gasteiger partial charge on any atom is 0.251 e. The minimum atomic E-state index is -0.307. The van der Waals surface area contributed by atoms with E-state index in [1.807, 2.05) is 37.2 Å². The Morgan fingerprint density at radius 3 is 2.78 bits per heavy atom. The Labute approximate surface area is 109 Å². The number of anilines is 1.